The van der Waals surface area contributed by atoms with Gasteiger partial charge in [-0.05, 0) is 50.4 Å². The molecular weight excluding hydrogens is 336 g/mol. The maximum Gasteiger partial charge on any atom is 0.408 e. The predicted molar refractivity (Wildman–Crippen MR) is 84.9 cm³/mol. The lowest BCUT2D eigenvalue weighted by Gasteiger charge is -2.23. The fraction of sp³-hybridized carbons (Fsp3) is 0.500. The van der Waals surface area contributed by atoms with Gasteiger partial charge in [-0.2, -0.15) is 0 Å². The van der Waals surface area contributed by atoms with Crippen molar-refractivity contribution in [3.8, 4) is 0 Å². The fourth-order valence-electron chi connectivity index (χ4n) is 1.70. The summed E-state index contributed by atoms with van der Waals surface area (Å²) >= 11 is 3.37. The van der Waals surface area contributed by atoms with Gasteiger partial charge in [0.2, 0.25) is 0 Å². The van der Waals surface area contributed by atoms with Crippen molar-refractivity contribution >= 4 is 22.0 Å². The first-order valence-corrected chi connectivity index (χ1v) is 7.37. The van der Waals surface area contributed by atoms with Gasteiger partial charge in [0.15, 0.2) is 0 Å². The van der Waals surface area contributed by atoms with E-state index in [9.17, 15) is 4.79 Å². The number of amides is 1. The largest absolute Gasteiger partial charge is 0.444 e. The molecule has 1 N–H and O–H groups in total. The number of hydrogen-bond acceptors (Lipinski definition) is 3. The van der Waals surface area contributed by atoms with Crippen LogP contribution in [0.5, 0.6) is 0 Å². The quantitative estimate of drug-likeness (QED) is 0.471. The molecule has 0 aromatic heterocycles. The minimum Gasteiger partial charge on any atom is -0.444 e. The molecule has 1 amide bonds. The van der Waals surface area contributed by atoms with Gasteiger partial charge >= 0.3 is 6.09 Å². The van der Waals surface area contributed by atoms with Crippen molar-refractivity contribution in [2.45, 2.75) is 38.8 Å². The van der Waals surface area contributed by atoms with Gasteiger partial charge in [0.1, 0.15) is 5.60 Å². The number of nitrogens with one attached hydrogen (secondary N) is 1. The zero-order chi connectivity index (χ0) is 15.9. The number of alkyl carbamates (subject to hydrolysis) is 1. The van der Waals surface area contributed by atoms with Crippen molar-refractivity contribution in [3.63, 3.8) is 0 Å². The molecule has 0 spiro atoms. The molecule has 7 heteroatoms. The molecule has 0 bridgehead atoms. The minimum atomic E-state index is -0.556. The number of ether oxygens (including phenoxy) is 1. The summed E-state index contributed by atoms with van der Waals surface area (Å²) in [5.74, 6) is 0. The molecule has 0 saturated heterocycles. The molecule has 0 radical (unpaired) electrons. The molecular formula is C14H19BrN4O2. The predicted octanol–water partition coefficient (Wildman–Crippen LogP) is 4.72. The maximum atomic E-state index is 11.9. The van der Waals surface area contributed by atoms with Gasteiger partial charge in [0.25, 0.3) is 0 Å². The van der Waals surface area contributed by atoms with Gasteiger partial charge in [0.05, 0.1) is 6.04 Å². The molecule has 1 atom stereocenters. The normalized spacial score (nSPS) is 12.2. The molecule has 6 nitrogen and oxygen atoms in total. The number of carbonyl (C=O) groups excluding carboxylic acids is 1. The van der Waals surface area contributed by atoms with E-state index in [0.29, 0.717) is 13.0 Å². The van der Waals surface area contributed by atoms with Crippen molar-refractivity contribution in [3.05, 3.63) is 44.7 Å². The molecule has 0 heterocycles. The summed E-state index contributed by atoms with van der Waals surface area (Å²) in [4.78, 5) is 14.6. The van der Waals surface area contributed by atoms with Gasteiger partial charge < -0.3 is 10.1 Å². The van der Waals surface area contributed by atoms with E-state index in [1.165, 1.54) is 0 Å². The molecule has 0 fully saturated rings. The molecule has 1 unspecified atom stereocenters. The standard InChI is InChI=1S/C14H19BrN4O2/c1-14(2,3)21-13(20)18-12(8-9-17-19-16)10-4-6-11(15)7-5-10/h4-7,12H,8-9H2,1-3H3,(H,18,20). The van der Waals surface area contributed by atoms with Gasteiger partial charge in [0, 0.05) is 15.9 Å². The Hall–Kier alpha value is -1.72. The Balaban J connectivity index is 2.79. The smallest absolute Gasteiger partial charge is 0.408 e. The van der Waals surface area contributed by atoms with Crippen LogP contribution in [0.3, 0.4) is 0 Å². The monoisotopic (exact) mass is 354 g/mol. The van der Waals surface area contributed by atoms with Gasteiger partial charge in [-0.25, -0.2) is 4.79 Å². The van der Waals surface area contributed by atoms with E-state index < -0.39 is 11.7 Å². The SMILES string of the molecule is CC(C)(C)OC(=O)NC(CCN=[N+]=[N-])c1ccc(Br)cc1. The molecule has 21 heavy (non-hydrogen) atoms. The Bertz CT molecular complexity index is 519. The summed E-state index contributed by atoms with van der Waals surface area (Å²) in [6.07, 6.45) is 0.0154. The topological polar surface area (TPSA) is 87.1 Å². The van der Waals surface area contributed by atoms with Crippen LogP contribution in [0.4, 0.5) is 4.79 Å². The number of benzene rings is 1. The second kappa shape index (κ2) is 7.90. The Labute approximate surface area is 132 Å². The van der Waals surface area contributed by atoms with Gasteiger partial charge in [-0.1, -0.05) is 33.2 Å². The van der Waals surface area contributed by atoms with Crippen LogP contribution >= 0.6 is 15.9 Å². The minimum absolute atomic E-state index is 0.265. The van der Waals surface area contributed by atoms with Crippen LogP contribution in [0.25, 0.3) is 10.4 Å². The first-order chi connectivity index (χ1) is 9.81. The zero-order valence-electron chi connectivity index (χ0n) is 12.3. The van der Waals surface area contributed by atoms with Crippen molar-refractivity contribution in [2.75, 3.05) is 6.54 Å². The Morgan fingerprint density at radius 3 is 2.57 bits per heavy atom. The Morgan fingerprint density at radius 1 is 1.43 bits per heavy atom. The highest BCUT2D eigenvalue weighted by Crippen LogP contribution is 2.20. The molecule has 1 rings (SSSR count). The second-order valence-corrected chi connectivity index (χ2v) is 6.41. The van der Waals surface area contributed by atoms with Gasteiger partial charge in [-0.15, -0.1) is 0 Å². The zero-order valence-corrected chi connectivity index (χ0v) is 13.9. The summed E-state index contributed by atoms with van der Waals surface area (Å²) in [6.45, 7) is 5.72. The lowest BCUT2D eigenvalue weighted by Crippen LogP contribution is -2.35. The van der Waals surface area contributed by atoms with E-state index in [2.05, 4.69) is 31.3 Å². The van der Waals surface area contributed by atoms with Crippen LogP contribution in [0.2, 0.25) is 0 Å². The molecule has 1 aromatic rings. The van der Waals surface area contributed by atoms with E-state index in [1.807, 2.05) is 24.3 Å². The summed E-state index contributed by atoms with van der Waals surface area (Å²) in [5.41, 5.74) is 8.73. The van der Waals surface area contributed by atoms with Crippen LogP contribution in [-0.4, -0.2) is 18.2 Å². The molecule has 0 aliphatic rings. The van der Waals surface area contributed by atoms with Crippen molar-refractivity contribution < 1.29 is 9.53 Å². The van der Waals surface area contributed by atoms with E-state index >= 15 is 0 Å². The van der Waals surface area contributed by atoms with E-state index in [-0.39, 0.29) is 6.04 Å². The Morgan fingerprint density at radius 2 is 2.05 bits per heavy atom. The number of carbonyl (C=O) groups is 1. The van der Waals surface area contributed by atoms with Crippen LogP contribution in [0, 0.1) is 0 Å². The summed E-state index contributed by atoms with van der Waals surface area (Å²) in [7, 11) is 0. The van der Waals surface area contributed by atoms with E-state index in [0.717, 1.165) is 10.0 Å². The van der Waals surface area contributed by atoms with Gasteiger partial charge in [-0.3, -0.25) is 0 Å². The highest BCUT2D eigenvalue weighted by Gasteiger charge is 2.20. The summed E-state index contributed by atoms with van der Waals surface area (Å²) < 4.78 is 6.21. The lowest BCUT2D eigenvalue weighted by molar-refractivity contribution is 0.0501. The average Bonchev–Trinajstić information content (AvgIpc) is 2.36. The number of azide groups is 1. The van der Waals surface area contributed by atoms with E-state index in [1.54, 1.807) is 20.8 Å². The number of nitrogens with zero attached hydrogens (tertiary/aromatic N) is 3. The highest BCUT2D eigenvalue weighted by atomic mass is 79.9. The number of hydrogen-bond donors (Lipinski definition) is 1. The van der Waals surface area contributed by atoms with Crippen LogP contribution in [0.15, 0.2) is 33.9 Å². The third-order valence-corrected chi connectivity index (χ3v) is 3.07. The molecule has 1 aromatic carbocycles. The van der Waals surface area contributed by atoms with Crippen molar-refractivity contribution in [1.29, 1.82) is 0 Å². The fourth-order valence-corrected chi connectivity index (χ4v) is 1.96. The van der Waals surface area contributed by atoms with E-state index in [4.69, 9.17) is 10.3 Å². The first-order valence-electron chi connectivity index (χ1n) is 6.57. The lowest BCUT2D eigenvalue weighted by atomic mass is 10.0. The van der Waals surface area contributed by atoms with Crippen molar-refractivity contribution in [2.24, 2.45) is 5.11 Å². The van der Waals surface area contributed by atoms with Crippen LogP contribution < -0.4 is 5.32 Å². The maximum absolute atomic E-state index is 11.9. The third kappa shape index (κ3) is 7.02. The first kappa shape index (κ1) is 17.3. The summed E-state index contributed by atoms with van der Waals surface area (Å²) in [6, 6.07) is 7.34. The molecule has 0 aliphatic heterocycles. The number of rotatable bonds is 5. The molecule has 114 valence electrons. The second-order valence-electron chi connectivity index (χ2n) is 5.49. The van der Waals surface area contributed by atoms with Crippen molar-refractivity contribution in [1.82, 2.24) is 5.32 Å². The molecule has 0 aliphatic carbocycles. The third-order valence-electron chi connectivity index (χ3n) is 2.54. The molecule has 0 saturated carbocycles. The average molecular weight is 355 g/mol. The van der Waals surface area contributed by atoms with Crippen LogP contribution in [0.1, 0.15) is 38.8 Å². The summed E-state index contributed by atoms with van der Waals surface area (Å²) in [5, 5.41) is 6.32. The highest BCUT2D eigenvalue weighted by molar-refractivity contribution is 9.10. The number of halogens is 1. The van der Waals surface area contributed by atoms with Crippen LogP contribution in [-0.2, 0) is 4.74 Å². The Kier molecular flexibility index (Phi) is 6.52.